The fraction of sp³-hybridized carbons (Fsp3) is 0.652. The number of piperazine rings is 1. The zero-order valence-electron chi connectivity index (χ0n) is 20.1. The van der Waals surface area contributed by atoms with Gasteiger partial charge in [0.2, 0.25) is 0 Å². The molecule has 0 amide bonds. The normalized spacial score (nSPS) is 16.3. The number of hydrazone groups is 1. The number of nitrogens with zero attached hydrogens (tertiary/aromatic N) is 6. The van der Waals surface area contributed by atoms with Gasteiger partial charge in [-0.05, 0) is 52.1 Å². The summed E-state index contributed by atoms with van der Waals surface area (Å²) in [5.41, 5.74) is 10.7. The third kappa shape index (κ3) is 11.7. The molecule has 0 saturated carbocycles. The Labute approximate surface area is 189 Å². The molecule has 0 aromatic heterocycles. The third-order valence-electron chi connectivity index (χ3n) is 5.24. The summed E-state index contributed by atoms with van der Waals surface area (Å²) >= 11 is 0. The van der Waals surface area contributed by atoms with Crippen LogP contribution in [0.1, 0.15) is 26.7 Å². The maximum absolute atomic E-state index is 5.66. The number of rotatable bonds is 15. The Balaban J connectivity index is 2.32. The molecule has 0 atom stereocenters. The zero-order chi connectivity index (χ0) is 22.9. The molecule has 176 valence electrons. The van der Waals surface area contributed by atoms with Gasteiger partial charge in [0.15, 0.2) is 0 Å². The van der Waals surface area contributed by atoms with Gasteiger partial charge in [0.05, 0.1) is 11.9 Å². The highest BCUT2D eigenvalue weighted by atomic mass is 15.6. The Hall–Kier alpha value is -2.16. The van der Waals surface area contributed by atoms with Gasteiger partial charge in [-0.2, -0.15) is 5.10 Å². The van der Waals surface area contributed by atoms with Gasteiger partial charge in [-0.3, -0.25) is 10.0 Å². The molecule has 1 heterocycles. The van der Waals surface area contributed by atoms with E-state index in [0.29, 0.717) is 6.54 Å². The van der Waals surface area contributed by atoms with Crippen molar-refractivity contribution in [2.75, 3.05) is 73.0 Å². The highest BCUT2D eigenvalue weighted by molar-refractivity contribution is 6.15. The molecular formula is C23H44N8. The summed E-state index contributed by atoms with van der Waals surface area (Å²) in [6.45, 7) is 17.2. The summed E-state index contributed by atoms with van der Waals surface area (Å²) in [7, 11) is 4.09. The van der Waals surface area contributed by atoms with Crippen molar-refractivity contribution in [3.05, 3.63) is 36.2 Å². The first kappa shape index (κ1) is 26.9. The van der Waals surface area contributed by atoms with Gasteiger partial charge < -0.3 is 20.4 Å². The van der Waals surface area contributed by atoms with E-state index < -0.39 is 0 Å². The van der Waals surface area contributed by atoms with Crippen molar-refractivity contribution in [2.24, 2.45) is 15.8 Å². The summed E-state index contributed by atoms with van der Waals surface area (Å²) in [5, 5.41) is 6.09. The van der Waals surface area contributed by atoms with Crippen LogP contribution in [-0.4, -0.2) is 105 Å². The van der Waals surface area contributed by atoms with E-state index in [1.807, 2.05) is 25.1 Å². The van der Waals surface area contributed by atoms with Crippen LogP contribution in [0.15, 0.2) is 46.3 Å². The second-order valence-electron chi connectivity index (χ2n) is 7.80. The Morgan fingerprint density at radius 2 is 1.87 bits per heavy atom. The molecule has 0 radical (unpaired) electrons. The highest BCUT2D eigenvalue weighted by Gasteiger charge is 2.13. The number of nitrogens with one attached hydrogen (secondary N) is 1. The number of hydrazine groups is 1. The van der Waals surface area contributed by atoms with E-state index in [4.69, 9.17) is 5.73 Å². The lowest BCUT2D eigenvalue weighted by molar-refractivity contribution is 0.190. The Bertz CT molecular complexity index is 597. The van der Waals surface area contributed by atoms with E-state index in [9.17, 15) is 0 Å². The number of nitrogens with two attached hydrogens (primary N) is 1. The fourth-order valence-corrected chi connectivity index (χ4v) is 3.33. The first-order valence-corrected chi connectivity index (χ1v) is 11.4. The number of aliphatic imine (C=N–C) groups is 1. The zero-order valence-corrected chi connectivity index (χ0v) is 20.1. The molecule has 1 saturated heterocycles. The maximum Gasteiger partial charge on any atom is 0.0666 e. The van der Waals surface area contributed by atoms with Crippen LogP contribution in [0.3, 0.4) is 0 Å². The molecule has 1 rings (SSSR count). The molecule has 0 aromatic carbocycles. The molecule has 1 aliphatic heterocycles. The van der Waals surface area contributed by atoms with Crippen LogP contribution in [0.5, 0.6) is 0 Å². The molecule has 1 aliphatic rings. The van der Waals surface area contributed by atoms with Crippen LogP contribution in [0, 0.1) is 0 Å². The average molecular weight is 433 g/mol. The lowest BCUT2D eigenvalue weighted by Crippen LogP contribution is -2.43. The standard InChI is InChI=1S/C23H44N8/c1-6-15-30(17-11-24)16-8-12-25-13-14-26-27-29(5)23(7-2)10-9-22(3)31-20-18-28(4)19-21-31/h7,9-10,13-14,27H,3,6,8,11-12,15-21,24H2,1-2,4-5H3/b10-9-,23-7+,25-13?,26-14?. The lowest BCUT2D eigenvalue weighted by atomic mass is 10.2. The van der Waals surface area contributed by atoms with Crippen LogP contribution in [0.2, 0.25) is 0 Å². The Morgan fingerprint density at radius 1 is 1.13 bits per heavy atom. The predicted molar refractivity (Wildman–Crippen MR) is 134 cm³/mol. The van der Waals surface area contributed by atoms with Gasteiger partial charge in [-0.1, -0.05) is 19.6 Å². The lowest BCUT2D eigenvalue weighted by Gasteiger charge is -2.34. The van der Waals surface area contributed by atoms with Gasteiger partial charge in [0.25, 0.3) is 0 Å². The topological polar surface area (TPSA) is 75.7 Å². The largest absolute Gasteiger partial charge is 0.369 e. The molecule has 0 aliphatic carbocycles. The minimum atomic E-state index is 0.711. The summed E-state index contributed by atoms with van der Waals surface area (Å²) in [6.07, 6.45) is 11.8. The van der Waals surface area contributed by atoms with Crippen LogP contribution in [0.4, 0.5) is 0 Å². The molecule has 8 nitrogen and oxygen atoms in total. The predicted octanol–water partition coefficient (Wildman–Crippen LogP) is 1.76. The van der Waals surface area contributed by atoms with Crippen molar-refractivity contribution in [3.8, 4) is 0 Å². The quantitative estimate of drug-likeness (QED) is 0.178. The van der Waals surface area contributed by atoms with Gasteiger partial charge in [-0.25, -0.2) is 5.53 Å². The van der Waals surface area contributed by atoms with Crippen molar-refractivity contribution in [3.63, 3.8) is 0 Å². The minimum Gasteiger partial charge on any atom is -0.369 e. The van der Waals surface area contributed by atoms with E-state index in [1.165, 1.54) is 0 Å². The molecule has 0 bridgehead atoms. The van der Waals surface area contributed by atoms with Crippen LogP contribution < -0.4 is 11.3 Å². The number of hydrogen-bond donors (Lipinski definition) is 2. The molecule has 8 heteroatoms. The summed E-state index contributed by atoms with van der Waals surface area (Å²) in [4.78, 5) is 11.5. The van der Waals surface area contributed by atoms with Crippen molar-refractivity contribution in [2.45, 2.75) is 26.7 Å². The van der Waals surface area contributed by atoms with Crippen LogP contribution in [0.25, 0.3) is 0 Å². The first-order chi connectivity index (χ1) is 15.0. The summed E-state index contributed by atoms with van der Waals surface area (Å²) < 4.78 is 0. The first-order valence-electron chi connectivity index (χ1n) is 11.4. The summed E-state index contributed by atoms with van der Waals surface area (Å²) in [6, 6.07) is 0. The van der Waals surface area contributed by atoms with Gasteiger partial charge in [0, 0.05) is 64.8 Å². The molecule has 0 unspecified atom stereocenters. The average Bonchev–Trinajstić information content (AvgIpc) is 2.76. The third-order valence-corrected chi connectivity index (χ3v) is 5.24. The van der Waals surface area contributed by atoms with Gasteiger partial charge in [0.1, 0.15) is 0 Å². The molecular weight excluding hydrogens is 388 g/mol. The molecule has 31 heavy (non-hydrogen) atoms. The highest BCUT2D eigenvalue weighted by Crippen LogP contribution is 2.10. The number of likely N-dealkylation sites (N-methyl/N-ethyl adjacent to an activating group) is 2. The van der Waals surface area contributed by atoms with Gasteiger partial charge in [-0.15, -0.1) is 0 Å². The van der Waals surface area contributed by atoms with Crippen molar-refractivity contribution in [1.82, 2.24) is 25.2 Å². The SMILES string of the molecule is C=C(/C=C\C(=C/C)N(C)NN=CC=NCCCN(CCC)CCN)N1CCN(C)CC1. The smallest absolute Gasteiger partial charge is 0.0666 e. The van der Waals surface area contributed by atoms with Crippen molar-refractivity contribution < 1.29 is 0 Å². The monoisotopic (exact) mass is 432 g/mol. The van der Waals surface area contributed by atoms with Gasteiger partial charge >= 0.3 is 0 Å². The second-order valence-corrected chi connectivity index (χ2v) is 7.80. The van der Waals surface area contributed by atoms with E-state index in [2.05, 4.69) is 63.0 Å². The van der Waals surface area contributed by atoms with E-state index in [-0.39, 0.29) is 0 Å². The van der Waals surface area contributed by atoms with E-state index >= 15 is 0 Å². The number of allylic oxidation sites excluding steroid dienone is 3. The molecule has 3 N–H and O–H groups in total. The Morgan fingerprint density at radius 3 is 2.52 bits per heavy atom. The minimum absolute atomic E-state index is 0.711. The van der Waals surface area contributed by atoms with Crippen molar-refractivity contribution >= 4 is 12.4 Å². The van der Waals surface area contributed by atoms with E-state index in [1.54, 1.807) is 12.4 Å². The molecule has 0 aromatic rings. The molecule has 1 fully saturated rings. The van der Waals surface area contributed by atoms with Crippen LogP contribution >= 0.6 is 0 Å². The van der Waals surface area contributed by atoms with Crippen molar-refractivity contribution in [1.29, 1.82) is 0 Å². The van der Waals surface area contributed by atoms with E-state index in [0.717, 1.165) is 76.6 Å². The van der Waals surface area contributed by atoms with Crippen LogP contribution in [-0.2, 0) is 0 Å². The summed E-state index contributed by atoms with van der Waals surface area (Å²) in [5.74, 6) is 0. The fourth-order valence-electron chi connectivity index (χ4n) is 3.33. The molecule has 0 spiro atoms. The number of hydrogen-bond acceptors (Lipinski definition) is 8. The Kier molecular flexibility index (Phi) is 14.3. The second kappa shape index (κ2) is 16.5. The maximum atomic E-state index is 5.66.